The van der Waals surface area contributed by atoms with Crippen LogP contribution in [0.2, 0.25) is 0 Å². The van der Waals surface area contributed by atoms with Gasteiger partial charge in [0.1, 0.15) is 11.4 Å². The van der Waals surface area contributed by atoms with Crippen molar-refractivity contribution in [2.24, 2.45) is 4.99 Å². The van der Waals surface area contributed by atoms with Crippen LogP contribution in [0.25, 0.3) is 11.1 Å². The molecule has 3 aromatic rings. The molecule has 1 amide bonds. The topological polar surface area (TPSA) is 159 Å². The Morgan fingerprint density at radius 3 is 2.36 bits per heavy atom. The summed E-state index contributed by atoms with van der Waals surface area (Å²) in [6.07, 6.45) is 6.97. The second-order valence-electron chi connectivity index (χ2n) is 12.2. The second kappa shape index (κ2) is 13.3. The molecule has 1 unspecified atom stereocenters. The lowest BCUT2D eigenvalue weighted by molar-refractivity contribution is 0.0497. The Hall–Kier alpha value is -4.57. The molecular weight excluding hydrogens is 634 g/mol. The molecule has 0 spiro atoms. The van der Waals surface area contributed by atoms with Crippen LogP contribution in [0.5, 0.6) is 0 Å². The fourth-order valence-corrected chi connectivity index (χ4v) is 6.07. The van der Waals surface area contributed by atoms with Crippen LogP contribution in [0.4, 0.5) is 31.0 Å². The third kappa shape index (κ3) is 7.54. The average molecular weight is 671 g/mol. The van der Waals surface area contributed by atoms with E-state index in [0.29, 0.717) is 48.6 Å². The first-order valence-electron chi connectivity index (χ1n) is 15.0. The fourth-order valence-electron chi connectivity index (χ4n) is 5.13. The fraction of sp³-hybridized carbons (Fsp3) is 0.419. The highest BCUT2D eigenvalue weighted by Crippen LogP contribution is 2.37. The molecule has 47 heavy (non-hydrogen) atoms. The van der Waals surface area contributed by atoms with Gasteiger partial charge < -0.3 is 15.0 Å². The maximum absolute atomic E-state index is 15.5. The number of amides is 1. The van der Waals surface area contributed by atoms with Crippen molar-refractivity contribution in [1.82, 2.24) is 24.6 Å². The quantitative estimate of drug-likeness (QED) is 0.310. The molecule has 0 radical (unpaired) electrons. The van der Waals surface area contributed by atoms with Gasteiger partial charge in [-0.1, -0.05) is 6.92 Å². The zero-order chi connectivity index (χ0) is 34.1. The summed E-state index contributed by atoms with van der Waals surface area (Å²) in [6, 6.07) is 3.38. The number of piperidine rings is 1. The minimum absolute atomic E-state index is 0.0211. The lowest BCUT2D eigenvalue weighted by Crippen LogP contribution is -2.46. The summed E-state index contributed by atoms with van der Waals surface area (Å²) < 4.78 is 63.6. The summed E-state index contributed by atoms with van der Waals surface area (Å²) >= 11 is 0. The number of alkyl carbamates (subject to hydrolysis) is 1. The SMILES string of the molecule is CCN(C)S(=O)(=O)Nc1ccc(F)c(C(=O)C2C=Nc3ncc(-c4cnc(N5CCC(NC(=O)OC(C)(C)C)CC5)nc4)cc32)c1F. The van der Waals surface area contributed by atoms with Gasteiger partial charge in [0.15, 0.2) is 17.4 Å². The maximum Gasteiger partial charge on any atom is 0.407 e. The number of fused-ring (bicyclic) bond motifs is 1. The predicted octanol–water partition coefficient (Wildman–Crippen LogP) is 4.60. The van der Waals surface area contributed by atoms with E-state index < -0.39 is 56.5 Å². The van der Waals surface area contributed by atoms with Crippen molar-refractivity contribution in [3.63, 3.8) is 0 Å². The number of aliphatic imine (C=N–C) groups is 1. The molecule has 1 atom stereocenters. The van der Waals surface area contributed by atoms with Crippen molar-refractivity contribution in [3.8, 4) is 11.1 Å². The lowest BCUT2D eigenvalue weighted by atomic mass is 9.91. The van der Waals surface area contributed by atoms with Crippen LogP contribution in [0.1, 0.15) is 62.4 Å². The summed E-state index contributed by atoms with van der Waals surface area (Å²) in [5, 5.41) is 2.90. The lowest BCUT2D eigenvalue weighted by Gasteiger charge is -2.32. The number of Topliss-reactive ketones (excluding diaryl/α,β-unsaturated/α-hetero) is 1. The van der Waals surface area contributed by atoms with Gasteiger partial charge in [-0.15, -0.1) is 0 Å². The largest absolute Gasteiger partial charge is 0.444 e. The number of anilines is 2. The van der Waals surface area contributed by atoms with Gasteiger partial charge in [-0.25, -0.2) is 33.5 Å². The monoisotopic (exact) mass is 670 g/mol. The van der Waals surface area contributed by atoms with Crippen molar-refractivity contribution in [3.05, 3.63) is 59.6 Å². The van der Waals surface area contributed by atoms with E-state index in [-0.39, 0.29) is 18.4 Å². The van der Waals surface area contributed by atoms with Gasteiger partial charge in [-0.05, 0) is 51.8 Å². The average Bonchev–Trinajstić information content (AvgIpc) is 3.45. The molecule has 2 aromatic heterocycles. The van der Waals surface area contributed by atoms with Gasteiger partial charge in [-0.2, -0.15) is 12.7 Å². The van der Waals surface area contributed by atoms with Crippen LogP contribution in [0, 0.1) is 11.6 Å². The molecule has 4 heterocycles. The zero-order valence-corrected chi connectivity index (χ0v) is 27.4. The Bertz CT molecular complexity index is 1810. The number of halogens is 2. The number of carbonyl (C=O) groups is 2. The minimum atomic E-state index is -4.13. The summed E-state index contributed by atoms with van der Waals surface area (Å²) in [6.45, 7) is 8.40. The highest BCUT2D eigenvalue weighted by Gasteiger charge is 2.33. The number of nitrogens with one attached hydrogen (secondary N) is 2. The van der Waals surface area contributed by atoms with E-state index >= 15 is 4.39 Å². The van der Waals surface area contributed by atoms with Gasteiger partial charge in [0.2, 0.25) is 5.95 Å². The van der Waals surface area contributed by atoms with E-state index in [4.69, 9.17) is 4.74 Å². The first-order valence-corrected chi connectivity index (χ1v) is 16.5. The molecule has 0 aliphatic carbocycles. The Labute approximate surface area is 271 Å². The third-order valence-corrected chi connectivity index (χ3v) is 9.32. The van der Waals surface area contributed by atoms with Gasteiger partial charge >= 0.3 is 16.3 Å². The first-order chi connectivity index (χ1) is 22.2. The number of nitrogens with zero attached hydrogens (tertiary/aromatic N) is 6. The van der Waals surface area contributed by atoms with Crippen LogP contribution >= 0.6 is 0 Å². The second-order valence-corrected chi connectivity index (χ2v) is 14.0. The number of hydrogen-bond donors (Lipinski definition) is 2. The molecule has 16 heteroatoms. The van der Waals surface area contributed by atoms with E-state index in [0.717, 1.165) is 16.4 Å². The van der Waals surface area contributed by atoms with E-state index in [1.54, 1.807) is 25.4 Å². The van der Waals surface area contributed by atoms with Crippen molar-refractivity contribution >= 4 is 45.8 Å². The molecule has 13 nitrogen and oxygen atoms in total. The molecule has 5 rings (SSSR count). The summed E-state index contributed by atoms with van der Waals surface area (Å²) in [5.74, 6) is -3.84. The zero-order valence-electron chi connectivity index (χ0n) is 26.6. The van der Waals surface area contributed by atoms with Crippen LogP contribution < -0.4 is 14.9 Å². The molecule has 2 N–H and O–H groups in total. The highest BCUT2D eigenvalue weighted by molar-refractivity contribution is 7.90. The predicted molar refractivity (Wildman–Crippen MR) is 172 cm³/mol. The minimum Gasteiger partial charge on any atom is -0.444 e. The smallest absolute Gasteiger partial charge is 0.407 e. The van der Waals surface area contributed by atoms with Crippen molar-refractivity contribution in [1.29, 1.82) is 0 Å². The standard InChI is InChI=1S/C31H36F2N8O5S/c1-6-40(5)47(44,45)39-24-8-7-23(32)25(26(24)33)27(42)22-17-35-28-21(22)13-18(14-34-28)19-15-36-29(37-16-19)41-11-9-20(10-12-41)38-30(43)46-31(2,3)4/h7-8,13-17,20,22,39H,6,9-12H2,1-5H3,(H,38,43). The highest BCUT2D eigenvalue weighted by atomic mass is 32.2. The first kappa shape index (κ1) is 33.8. The molecule has 0 saturated carbocycles. The molecule has 0 bridgehead atoms. The summed E-state index contributed by atoms with van der Waals surface area (Å²) in [7, 11) is -2.84. The molecular formula is C31H36F2N8O5S. The van der Waals surface area contributed by atoms with Crippen molar-refractivity contribution < 1.29 is 31.5 Å². The van der Waals surface area contributed by atoms with E-state index in [1.165, 1.54) is 19.5 Å². The summed E-state index contributed by atoms with van der Waals surface area (Å²) in [5.41, 5.74) is -0.543. The van der Waals surface area contributed by atoms with E-state index in [9.17, 15) is 22.4 Å². The van der Waals surface area contributed by atoms with Gasteiger partial charge in [0.25, 0.3) is 0 Å². The number of ketones is 1. The number of hydrogen-bond acceptors (Lipinski definition) is 10. The number of rotatable bonds is 9. The Morgan fingerprint density at radius 1 is 1.06 bits per heavy atom. The normalized spacial score (nSPS) is 16.7. The van der Waals surface area contributed by atoms with E-state index in [2.05, 4.69) is 30.0 Å². The molecule has 250 valence electrons. The summed E-state index contributed by atoms with van der Waals surface area (Å²) in [4.78, 5) is 45.1. The van der Waals surface area contributed by atoms with Crippen LogP contribution in [-0.2, 0) is 14.9 Å². The number of aromatic nitrogens is 3. The number of benzene rings is 1. The molecule has 1 aromatic carbocycles. The Kier molecular flexibility index (Phi) is 9.54. The van der Waals surface area contributed by atoms with Gasteiger partial charge in [-0.3, -0.25) is 9.52 Å². The Morgan fingerprint density at radius 2 is 1.72 bits per heavy atom. The van der Waals surface area contributed by atoms with Crippen molar-refractivity contribution in [2.45, 2.75) is 58.1 Å². The maximum atomic E-state index is 15.5. The number of pyridine rings is 1. The van der Waals surface area contributed by atoms with Crippen molar-refractivity contribution in [2.75, 3.05) is 36.3 Å². The van der Waals surface area contributed by atoms with Gasteiger partial charge in [0.05, 0.1) is 17.2 Å². The number of carbonyl (C=O) groups excluding carboxylic acids is 2. The molecule has 2 aliphatic rings. The Balaban J connectivity index is 1.29. The van der Waals surface area contributed by atoms with E-state index in [1.807, 2.05) is 25.7 Å². The van der Waals surface area contributed by atoms with Gasteiger partial charge in [0, 0.05) is 74.2 Å². The number of ether oxygens (including phenoxy) is 1. The van der Waals surface area contributed by atoms with Crippen LogP contribution in [0.15, 0.2) is 41.8 Å². The van der Waals surface area contributed by atoms with Crippen LogP contribution in [0.3, 0.4) is 0 Å². The molecule has 1 saturated heterocycles. The third-order valence-electron chi connectivity index (χ3n) is 7.76. The van der Waals surface area contributed by atoms with Crippen LogP contribution in [-0.4, -0.2) is 84.1 Å². The molecule has 1 fully saturated rings. The molecule has 2 aliphatic heterocycles.